The number of ether oxygens (including phenoxy) is 2. The van der Waals surface area contributed by atoms with Crippen LogP contribution in [0.3, 0.4) is 0 Å². The van der Waals surface area contributed by atoms with E-state index in [1.54, 1.807) is 0 Å². The van der Waals surface area contributed by atoms with Gasteiger partial charge in [-0.1, -0.05) is 68.3 Å². The molecule has 1 fully saturated rings. The highest BCUT2D eigenvalue weighted by Gasteiger charge is 2.39. The van der Waals surface area contributed by atoms with Crippen LogP contribution in [-0.2, 0) is 25.7 Å². The lowest BCUT2D eigenvalue weighted by atomic mass is 9.89. The molecule has 0 bridgehead atoms. The highest BCUT2D eigenvalue weighted by atomic mass is 16.5. The first-order chi connectivity index (χ1) is 18.1. The molecule has 1 aliphatic rings. The third-order valence-corrected chi connectivity index (χ3v) is 7.00. The van der Waals surface area contributed by atoms with Gasteiger partial charge in [0, 0.05) is 18.8 Å². The van der Waals surface area contributed by atoms with Crippen molar-refractivity contribution in [1.82, 2.24) is 0 Å². The van der Waals surface area contributed by atoms with E-state index in [1.165, 1.54) is 0 Å². The minimum Gasteiger partial charge on any atom is -0.461 e. The van der Waals surface area contributed by atoms with Crippen LogP contribution in [0.25, 0.3) is 0 Å². The quantitative estimate of drug-likeness (QED) is 0.158. The lowest BCUT2D eigenvalue weighted by molar-refractivity contribution is -0.156. The zero-order valence-corrected chi connectivity index (χ0v) is 23.7. The number of esters is 2. The largest absolute Gasteiger partial charge is 0.461 e. The Bertz CT molecular complexity index is 885. The van der Waals surface area contributed by atoms with Crippen molar-refractivity contribution in [2.24, 2.45) is 17.3 Å². The van der Waals surface area contributed by atoms with E-state index in [-0.39, 0.29) is 29.9 Å². The van der Waals surface area contributed by atoms with E-state index in [0.717, 1.165) is 37.7 Å². The van der Waals surface area contributed by atoms with Crippen LogP contribution in [0, 0.1) is 17.3 Å². The normalized spacial score (nSPS) is 22.7. The van der Waals surface area contributed by atoms with Crippen molar-refractivity contribution >= 4 is 11.9 Å². The fourth-order valence-electron chi connectivity index (χ4n) is 4.61. The summed E-state index contributed by atoms with van der Waals surface area (Å²) < 4.78 is 11.1. The van der Waals surface area contributed by atoms with Crippen LogP contribution in [0.15, 0.2) is 54.6 Å². The molecule has 1 aliphatic carbocycles. The molecule has 2 rings (SSSR count). The molecule has 0 aliphatic heterocycles. The zero-order chi connectivity index (χ0) is 28.0. The molecule has 5 atom stereocenters. The Kier molecular flexibility index (Phi) is 13.8. The van der Waals surface area contributed by atoms with Crippen molar-refractivity contribution in [2.45, 2.75) is 110 Å². The lowest BCUT2D eigenvalue weighted by Crippen LogP contribution is -2.28. The summed E-state index contributed by atoms with van der Waals surface area (Å²) in [5.74, 6) is -0.755. The Labute approximate surface area is 229 Å². The number of unbranched alkanes of at least 4 members (excludes halogenated alkanes) is 3. The van der Waals surface area contributed by atoms with Crippen LogP contribution in [0.1, 0.15) is 91.0 Å². The first-order valence-corrected chi connectivity index (χ1v) is 14.2. The SMILES string of the molecule is CCCCC[C@@H](/C=C/[C@@H]1[C@@H](C/C=C\CCCC(=O)OCc2ccccc2)[C@@H](O)C[C@@H]1O)OC(=O)C(C)(C)C. The highest BCUT2D eigenvalue weighted by molar-refractivity contribution is 5.75. The molecule has 6 nitrogen and oxygen atoms in total. The van der Waals surface area contributed by atoms with Crippen LogP contribution in [0.2, 0.25) is 0 Å². The number of benzene rings is 1. The van der Waals surface area contributed by atoms with Crippen LogP contribution in [0.4, 0.5) is 0 Å². The smallest absolute Gasteiger partial charge is 0.311 e. The van der Waals surface area contributed by atoms with Gasteiger partial charge in [-0.05, 0) is 70.4 Å². The Morgan fingerprint density at radius 1 is 1.05 bits per heavy atom. The Morgan fingerprint density at radius 3 is 2.47 bits per heavy atom. The van der Waals surface area contributed by atoms with Crippen molar-refractivity contribution < 1.29 is 29.3 Å². The Balaban J connectivity index is 1.83. The predicted octanol–water partition coefficient (Wildman–Crippen LogP) is 6.30. The van der Waals surface area contributed by atoms with Crippen molar-refractivity contribution in [1.29, 1.82) is 0 Å². The van der Waals surface area contributed by atoms with Crippen LogP contribution in [-0.4, -0.2) is 40.5 Å². The molecule has 0 spiro atoms. The number of carbonyl (C=O) groups is 2. The number of carbonyl (C=O) groups excluding carboxylic acids is 2. The van der Waals surface area contributed by atoms with Crippen molar-refractivity contribution in [2.75, 3.05) is 0 Å². The van der Waals surface area contributed by atoms with Gasteiger partial charge in [0.25, 0.3) is 0 Å². The maximum Gasteiger partial charge on any atom is 0.311 e. The molecule has 38 heavy (non-hydrogen) atoms. The molecule has 6 heteroatoms. The fourth-order valence-corrected chi connectivity index (χ4v) is 4.61. The molecule has 0 saturated heterocycles. The molecule has 212 valence electrons. The monoisotopic (exact) mass is 528 g/mol. The minimum absolute atomic E-state index is 0.108. The summed E-state index contributed by atoms with van der Waals surface area (Å²) in [5, 5.41) is 21.2. The van der Waals surface area contributed by atoms with E-state index in [2.05, 4.69) is 6.92 Å². The molecule has 1 aromatic rings. The predicted molar refractivity (Wildman–Crippen MR) is 150 cm³/mol. The van der Waals surface area contributed by atoms with E-state index >= 15 is 0 Å². The van der Waals surface area contributed by atoms with E-state index in [4.69, 9.17) is 9.47 Å². The van der Waals surface area contributed by atoms with Crippen LogP contribution < -0.4 is 0 Å². The molecule has 0 amide bonds. The van der Waals surface area contributed by atoms with Gasteiger partial charge in [-0.15, -0.1) is 0 Å². The molecule has 0 unspecified atom stereocenters. The van der Waals surface area contributed by atoms with Gasteiger partial charge in [-0.25, -0.2) is 0 Å². The molecule has 1 saturated carbocycles. The summed E-state index contributed by atoms with van der Waals surface area (Å²) in [5.41, 5.74) is 0.396. The molecule has 0 radical (unpaired) electrons. The van der Waals surface area contributed by atoms with Gasteiger partial charge >= 0.3 is 11.9 Å². The minimum atomic E-state index is -0.631. The van der Waals surface area contributed by atoms with Crippen molar-refractivity contribution in [3.05, 3.63) is 60.2 Å². The van der Waals surface area contributed by atoms with E-state index in [0.29, 0.717) is 32.3 Å². The van der Waals surface area contributed by atoms with Gasteiger partial charge in [0.05, 0.1) is 17.6 Å². The molecular weight excluding hydrogens is 480 g/mol. The average Bonchev–Trinajstić information content (AvgIpc) is 3.14. The van der Waals surface area contributed by atoms with Gasteiger partial charge in [0.2, 0.25) is 0 Å². The zero-order valence-electron chi connectivity index (χ0n) is 23.7. The van der Waals surface area contributed by atoms with E-state index in [9.17, 15) is 19.8 Å². The second-order valence-corrected chi connectivity index (χ2v) is 11.4. The van der Waals surface area contributed by atoms with E-state index < -0.39 is 17.6 Å². The number of aliphatic hydroxyl groups is 2. The molecular formula is C32H48O6. The topological polar surface area (TPSA) is 93.1 Å². The van der Waals surface area contributed by atoms with Crippen molar-refractivity contribution in [3.63, 3.8) is 0 Å². The summed E-state index contributed by atoms with van der Waals surface area (Å²) in [4.78, 5) is 24.4. The fraction of sp³-hybridized carbons (Fsp3) is 0.625. The van der Waals surface area contributed by atoms with Gasteiger partial charge in [-0.2, -0.15) is 0 Å². The average molecular weight is 529 g/mol. The lowest BCUT2D eigenvalue weighted by Gasteiger charge is -2.23. The Hall–Kier alpha value is -2.44. The molecule has 0 aromatic heterocycles. The van der Waals surface area contributed by atoms with E-state index in [1.807, 2.05) is 75.4 Å². The van der Waals surface area contributed by atoms with Crippen LogP contribution in [0.5, 0.6) is 0 Å². The number of rotatable bonds is 15. The molecule has 2 N–H and O–H groups in total. The van der Waals surface area contributed by atoms with Gasteiger partial charge in [0.15, 0.2) is 0 Å². The summed E-state index contributed by atoms with van der Waals surface area (Å²) in [6.45, 7) is 7.96. The Morgan fingerprint density at radius 2 is 1.79 bits per heavy atom. The second kappa shape index (κ2) is 16.5. The second-order valence-electron chi connectivity index (χ2n) is 11.4. The maximum absolute atomic E-state index is 12.5. The standard InChI is InChI=1S/C32H48O6/c1-5-6-10-17-25(38-31(36)32(2,3)4)20-21-27-26(28(33)22-29(27)34)18-13-7-8-14-19-30(35)37-23-24-15-11-9-12-16-24/h7,9,11-13,15-16,20-21,25-29,33-34H,5-6,8,10,14,17-19,22-23H2,1-4H3/b13-7-,21-20+/t25-,26+,27+,28-,29-/m0/s1. The third kappa shape index (κ3) is 11.5. The summed E-state index contributed by atoms with van der Waals surface area (Å²) >= 11 is 0. The molecule has 1 aromatic carbocycles. The molecule has 0 heterocycles. The highest BCUT2D eigenvalue weighted by Crippen LogP contribution is 2.36. The summed E-state index contributed by atoms with van der Waals surface area (Å²) in [6.07, 6.45) is 13.0. The van der Waals surface area contributed by atoms with Crippen molar-refractivity contribution in [3.8, 4) is 0 Å². The van der Waals surface area contributed by atoms with Gasteiger partial charge in [0.1, 0.15) is 12.7 Å². The van der Waals surface area contributed by atoms with Crippen LogP contribution >= 0.6 is 0 Å². The number of allylic oxidation sites excluding steroid dienone is 2. The first-order valence-electron chi connectivity index (χ1n) is 14.2. The summed E-state index contributed by atoms with van der Waals surface area (Å²) in [7, 11) is 0. The van der Waals surface area contributed by atoms with Gasteiger partial charge < -0.3 is 19.7 Å². The third-order valence-electron chi connectivity index (χ3n) is 7.00. The summed E-state index contributed by atoms with van der Waals surface area (Å²) in [6, 6.07) is 9.62. The number of hydrogen-bond donors (Lipinski definition) is 2. The van der Waals surface area contributed by atoms with Gasteiger partial charge in [-0.3, -0.25) is 9.59 Å². The number of hydrogen-bond acceptors (Lipinski definition) is 6. The maximum atomic E-state index is 12.5. The number of aliphatic hydroxyl groups excluding tert-OH is 2. The first kappa shape index (κ1) is 31.8.